The molecule has 0 aliphatic rings. The van der Waals surface area contributed by atoms with Crippen molar-refractivity contribution in [1.29, 1.82) is 5.26 Å². The van der Waals surface area contributed by atoms with Crippen LogP contribution < -0.4 is 9.47 Å². The van der Waals surface area contributed by atoms with Gasteiger partial charge in [-0.25, -0.2) is 0 Å². The molecular formula is C15H20N2O3. The van der Waals surface area contributed by atoms with Gasteiger partial charge in [0.15, 0.2) is 11.5 Å². The first-order chi connectivity index (χ1) is 9.65. The predicted octanol–water partition coefficient (Wildman–Crippen LogP) is 2.01. The van der Waals surface area contributed by atoms with E-state index in [9.17, 15) is 4.79 Å². The van der Waals surface area contributed by atoms with Crippen molar-refractivity contribution >= 4 is 5.91 Å². The van der Waals surface area contributed by atoms with Gasteiger partial charge in [0.05, 0.1) is 33.1 Å². The number of rotatable bonds is 7. The SMILES string of the molecule is CCN(CCC#N)C(=O)Cc1ccc(OC)c(OC)c1. The van der Waals surface area contributed by atoms with Gasteiger partial charge in [-0.3, -0.25) is 4.79 Å². The zero-order valence-electron chi connectivity index (χ0n) is 12.2. The molecule has 0 aliphatic carbocycles. The second-order valence-corrected chi connectivity index (χ2v) is 4.25. The van der Waals surface area contributed by atoms with Gasteiger partial charge in [-0.2, -0.15) is 5.26 Å². The molecule has 5 nitrogen and oxygen atoms in total. The van der Waals surface area contributed by atoms with Gasteiger partial charge >= 0.3 is 0 Å². The van der Waals surface area contributed by atoms with Crippen LogP contribution in [0.25, 0.3) is 0 Å². The average Bonchev–Trinajstić information content (AvgIpc) is 2.47. The molecule has 0 fully saturated rings. The second kappa shape index (κ2) is 8.05. The predicted molar refractivity (Wildman–Crippen MR) is 75.7 cm³/mol. The van der Waals surface area contributed by atoms with Gasteiger partial charge in [-0.15, -0.1) is 0 Å². The number of amides is 1. The van der Waals surface area contributed by atoms with Crippen molar-refractivity contribution in [2.75, 3.05) is 27.3 Å². The summed E-state index contributed by atoms with van der Waals surface area (Å²) < 4.78 is 10.4. The first kappa shape index (κ1) is 15.8. The molecule has 0 aromatic heterocycles. The third-order valence-corrected chi connectivity index (χ3v) is 3.03. The van der Waals surface area contributed by atoms with Gasteiger partial charge in [-0.05, 0) is 24.6 Å². The fraction of sp³-hybridized carbons (Fsp3) is 0.467. The molecule has 0 N–H and O–H groups in total. The molecule has 1 amide bonds. The summed E-state index contributed by atoms with van der Waals surface area (Å²) in [4.78, 5) is 13.8. The first-order valence-electron chi connectivity index (χ1n) is 6.51. The Labute approximate surface area is 119 Å². The smallest absolute Gasteiger partial charge is 0.227 e. The lowest BCUT2D eigenvalue weighted by Gasteiger charge is -2.19. The maximum Gasteiger partial charge on any atom is 0.227 e. The van der Waals surface area contributed by atoms with E-state index in [2.05, 4.69) is 6.07 Å². The molecule has 0 saturated heterocycles. The summed E-state index contributed by atoms with van der Waals surface area (Å²) >= 11 is 0. The van der Waals surface area contributed by atoms with E-state index in [-0.39, 0.29) is 5.91 Å². The minimum absolute atomic E-state index is 0.00923. The summed E-state index contributed by atoms with van der Waals surface area (Å²) in [6.45, 7) is 2.98. The molecule has 0 atom stereocenters. The summed E-state index contributed by atoms with van der Waals surface area (Å²) in [5.74, 6) is 1.26. The lowest BCUT2D eigenvalue weighted by molar-refractivity contribution is -0.130. The van der Waals surface area contributed by atoms with Gasteiger partial charge < -0.3 is 14.4 Å². The van der Waals surface area contributed by atoms with Crippen LogP contribution in [0, 0.1) is 11.3 Å². The molecule has 0 bridgehead atoms. The van der Waals surface area contributed by atoms with E-state index < -0.39 is 0 Å². The van der Waals surface area contributed by atoms with E-state index in [0.717, 1.165) is 5.56 Å². The van der Waals surface area contributed by atoms with Crippen molar-refractivity contribution in [1.82, 2.24) is 4.90 Å². The number of carbonyl (C=O) groups is 1. The zero-order valence-corrected chi connectivity index (χ0v) is 12.2. The quantitative estimate of drug-likeness (QED) is 0.764. The van der Waals surface area contributed by atoms with Crippen LogP contribution in [-0.4, -0.2) is 38.1 Å². The van der Waals surface area contributed by atoms with Crippen LogP contribution in [-0.2, 0) is 11.2 Å². The number of hydrogen-bond donors (Lipinski definition) is 0. The third-order valence-electron chi connectivity index (χ3n) is 3.03. The van der Waals surface area contributed by atoms with Gasteiger partial charge in [0.25, 0.3) is 0 Å². The van der Waals surface area contributed by atoms with Crippen LogP contribution in [0.4, 0.5) is 0 Å². The highest BCUT2D eigenvalue weighted by Gasteiger charge is 2.13. The van der Waals surface area contributed by atoms with Crippen molar-refractivity contribution in [3.05, 3.63) is 23.8 Å². The Balaban J connectivity index is 2.77. The monoisotopic (exact) mass is 276 g/mol. The average molecular weight is 276 g/mol. The van der Waals surface area contributed by atoms with Gasteiger partial charge in [0.2, 0.25) is 5.91 Å². The summed E-state index contributed by atoms with van der Waals surface area (Å²) in [5, 5.41) is 8.59. The standard InChI is InChI=1S/C15H20N2O3/c1-4-17(9-5-8-16)15(18)11-12-6-7-13(19-2)14(10-12)20-3/h6-7,10H,4-5,9,11H2,1-3H3. The van der Waals surface area contributed by atoms with E-state index in [1.807, 2.05) is 13.0 Å². The van der Waals surface area contributed by atoms with Crippen LogP contribution in [0.1, 0.15) is 18.9 Å². The van der Waals surface area contributed by atoms with Crippen molar-refractivity contribution in [2.24, 2.45) is 0 Å². The fourth-order valence-electron chi connectivity index (χ4n) is 1.92. The molecule has 0 saturated carbocycles. The second-order valence-electron chi connectivity index (χ2n) is 4.25. The highest BCUT2D eigenvalue weighted by atomic mass is 16.5. The molecule has 0 radical (unpaired) electrons. The fourth-order valence-corrected chi connectivity index (χ4v) is 1.92. The van der Waals surface area contributed by atoms with E-state index in [1.54, 1.807) is 31.3 Å². The van der Waals surface area contributed by atoms with Crippen molar-refractivity contribution < 1.29 is 14.3 Å². The van der Waals surface area contributed by atoms with Crippen LogP contribution in [0.5, 0.6) is 11.5 Å². The number of nitrogens with zero attached hydrogens (tertiary/aromatic N) is 2. The Hall–Kier alpha value is -2.22. The Morgan fingerprint density at radius 1 is 1.30 bits per heavy atom. The number of methoxy groups -OCH3 is 2. The highest BCUT2D eigenvalue weighted by molar-refractivity contribution is 5.79. The number of nitriles is 1. The Morgan fingerprint density at radius 2 is 2.00 bits per heavy atom. The molecular weight excluding hydrogens is 256 g/mol. The highest BCUT2D eigenvalue weighted by Crippen LogP contribution is 2.27. The van der Waals surface area contributed by atoms with Crippen LogP contribution in [0.15, 0.2) is 18.2 Å². The van der Waals surface area contributed by atoms with Crippen LogP contribution in [0.2, 0.25) is 0 Å². The zero-order chi connectivity index (χ0) is 15.0. The molecule has 0 aliphatic heterocycles. The molecule has 5 heteroatoms. The summed E-state index contributed by atoms with van der Waals surface area (Å²) in [5.41, 5.74) is 0.864. The normalized spacial score (nSPS) is 9.70. The van der Waals surface area contributed by atoms with Crippen LogP contribution in [0.3, 0.4) is 0 Å². The van der Waals surface area contributed by atoms with E-state index in [4.69, 9.17) is 14.7 Å². The molecule has 0 unspecified atom stereocenters. The van der Waals surface area contributed by atoms with Gasteiger partial charge in [0.1, 0.15) is 0 Å². The van der Waals surface area contributed by atoms with Crippen LogP contribution >= 0.6 is 0 Å². The van der Waals surface area contributed by atoms with Gasteiger partial charge in [-0.1, -0.05) is 6.07 Å². The van der Waals surface area contributed by atoms with E-state index >= 15 is 0 Å². The molecule has 1 aromatic carbocycles. The maximum absolute atomic E-state index is 12.1. The largest absolute Gasteiger partial charge is 0.493 e. The van der Waals surface area contributed by atoms with Crippen molar-refractivity contribution in [3.63, 3.8) is 0 Å². The number of benzene rings is 1. The topological polar surface area (TPSA) is 62.6 Å². The molecule has 108 valence electrons. The van der Waals surface area contributed by atoms with Crippen molar-refractivity contribution in [2.45, 2.75) is 19.8 Å². The Kier molecular flexibility index (Phi) is 6.38. The first-order valence-corrected chi connectivity index (χ1v) is 6.51. The Bertz CT molecular complexity index is 494. The lowest BCUT2D eigenvalue weighted by atomic mass is 10.1. The molecule has 1 aromatic rings. The third kappa shape index (κ3) is 4.16. The number of hydrogen-bond acceptors (Lipinski definition) is 4. The summed E-state index contributed by atoms with van der Waals surface area (Å²) in [6.07, 6.45) is 0.644. The minimum atomic E-state index is 0.00923. The minimum Gasteiger partial charge on any atom is -0.493 e. The number of ether oxygens (including phenoxy) is 2. The van der Waals surface area contributed by atoms with Crippen molar-refractivity contribution in [3.8, 4) is 17.6 Å². The molecule has 0 spiro atoms. The number of carbonyl (C=O) groups excluding carboxylic acids is 1. The molecule has 0 heterocycles. The molecule has 1 rings (SSSR count). The number of likely N-dealkylation sites (N-methyl/N-ethyl adjacent to an activating group) is 1. The summed E-state index contributed by atoms with van der Waals surface area (Å²) in [7, 11) is 3.14. The van der Waals surface area contributed by atoms with Gasteiger partial charge in [0, 0.05) is 13.1 Å². The molecule has 20 heavy (non-hydrogen) atoms. The Morgan fingerprint density at radius 3 is 2.55 bits per heavy atom. The van der Waals surface area contributed by atoms with E-state index in [1.165, 1.54) is 0 Å². The summed E-state index contributed by atoms with van der Waals surface area (Å²) in [6, 6.07) is 7.48. The lowest BCUT2D eigenvalue weighted by Crippen LogP contribution is -2.32. The van der Waals surface area contributed by atoms with E-state index in [0.29, 0.717) is 37.4 Å². The maximum atomic E-state index is 12.1.